The maximum atomic E-state index is 12.0. The Bertz CT molecular complexity index is 187. The van der Waals surface area contributed by atoms with Crippen molar-refractivity contribution in [2.75, 3.05) is 39.4 Å². The Balaban J connectivity index is 2.45. The fourth-order valence-electron chi connectivity index (χ4n) is 1.90. The van der Waals surface area contributed by atoms with Crippen LogP contribution in [0.25, 0.3) is 0 Å². The van der Waals surface area contributed by atoms with Crippen molar-refractivity contribution in [2.24, 2.45) is 5.92 Å². The monoisotopic (exact) mass is 216 g/mol. The molecule has 0 radical (unpaired) electrons. The Kier molecular flexibility index (Phi) is 5.60. The number of carbonyl (C=O) groups is 1. The molecule has 15 heavy (non-hydrogen) atoms. The van der Waals surface area contributed by atoms with Crippen LogP contribution in [0.4, 0.5) is 0 Å². The van der Waals surface area contributed by atoms with E-state index in [0.717, 1.165) is 25.9 Å². The molecular weight excluding hydrogens is 196 g/mol. The number of rotatable bonds is 5. The molecule has 3 N–H and O–H groups in total. The second-order valence-electron chi connectivity index (χ2n) is 3.80. The van der Waals surface area contributed by atoms with E-state index in [0.29, 0.717) is 13.1 Å². The molecule has 1 aliphatic heterocycles. The fraction of sp³-hybridized carbons (Fsp3) is 0.900. The van der Waals surface area contributed by atoms with Crippen LogP contribution in [0.3, 0.4) is 0 Å². The van der Waals surface area contributed by atoms with Gasteiger partial charge in [0.2, 0.25) is 5.91 Å². The van der Waals surface area contributed by atoms with E-state index in [1.165, 1.54) is 0 Å². The van der Waals surface area contributed by atoms with Crippen molar-refractivity contribution in [3.8, 4) is 0 Å². The van der Waals surface area contributed by atoms with Crippen LogP contribution in [0.15, 0.2) is 0 Å². The van der Waals surface area contributed by atoms with Crippen molar-refractivity contribution in [1.82, 2.24) is 10.2 Å². The summed E-state index contributed by atoms with van der Waals surface area (Å²) in [6.07, 6.45) is 1.71. The van der Waals surface area contributed by atoms with E-state index in [1.807, 2.05) is 0 Å². The molecule has 0 spiro atoms. The van der Waals surface area contributed by atoms with Crippen LogP contribution in [0, 0.1) is 5.92 Å². The minimum atomic E-state index is -0.0449. The number of nitrogens with one attached hydrogen (secondary N) is 1. The molecule has 0 aromatic carbocycles. The first-order valence-electron chi connectivity index (χ1n) is 5.50. The maximum Gasteiger partial charge on any atom is 0.225 e. The van der Waals surface area contributed by atoms with Gasteiger partial charge in [-0.3, -0.25) is 4.79 Å². The van der Waals surface area contributed by atoms with Gasteiger partial charge in [0.15, 0.2) is 0 Å². The van der Waals surface area contributed by atoms with Gasteiger partial charge in [0.05, 0.1) is 13.2 Å². The number of piperidine rings is 1. The standard InChI is InChI=1S/C10H20N2O3/c13-7-5-12(6-8-14)10(15)9-1-3-11-4-2-9/h9,11,13-14H,1-8H2. The van der Waals surface area contributed by atoms with E-state index in [-0.39, 0.29) is 25.0 Å². The molecule has 88 valence electrons. The van der Waals surface area contributed by atoms with Gasteiger partial charge in [-0.2, -0.15) is 0 Å². The summed E-state index contributed by atoms with van der Waals surface area (Å²) in [5, 5.41) is 20.8. The van der Waals surface area contributed by atoms with E-state index in [4.69, 9.17) is 10.2 Å². The minimum Gasteiger partial charge on any atom is -0.395 e. The van der Waals surface area contributed by atoms with Crippen LogP contribution < -0.4 is 5.32 Å². The van der Waals surface area contributed by atoms with Crippen LogP contribution in [-0.4, -0.2) is 60.4 Å². The summed E-state index contributed by atoms with van der Waals surface area (Å²) < 4.78 is 0. The number of aliphatic hydroxyl groups is 2. The van der Waals surface area contributed by atoms with Gasteiger partial charge >= 0.3 is 0 Å². The highest BCUT2D eigenvalue weighted by Crippen LogP contribution is 2.14. The van der Waals surface area contributed by atoms with Gasteiger partial charge in [0.1, 0.15) is 0 Å². The summed E-state index contributed by atoms with van der Waals surface area (Å²) in [5.41, 5.74) is 0. The highest BCUT2D eigenvalue weighted by molar-refractivity contribution is 5.79. The van der Waals surface area contributed by atoms with Crippen molar-refractivity contribution in [3.63, 3.8) is 0 Å². The molecule has 0 atom stereocenters. The lowest BCUT2D eigenvalue weighted by Crippen LogP contribution is -2.43. The van der Waals surface area contributed by atoms with Crippen molar-refractivity contribution >= 4 is 5.91 Å². The quantitative estimate of drug-likeness (QED) is 0.540. The fourth-order valence-corrected chi connectivity index (χ4v) is 1.90. The van der Waals surface area contributed by atoms with Gasteiger partial charge in [0.25, 0.3) is 0 Å². The molecule has 0 unspecified atom stereocenters. The zero-order valence-electron chi connectivity index (χ0n) is 8.98. The third-order valence-electron chi connectivity index (χ3n) is 2.74. The van der Waals surface area contributed by atoms with E-state index >= 15 is 0 Å². The number of aliphatic hydroxyl groups excluding tert-OH is 2. The lowest BCUT2D eigenvalue weighted by Gasteiger charge is -2.28. The second kappa shape index (κ2) is 6.76. The van der Waals surface area contributed by atoms with Crippen LogP contribution in [0.5, 0.6) is 0 Å². The number of hydrogen-bond donors (Lipinski definition) is 3. The number of carbonyl (C=O) groups excluding carboxylic acids is 1. The molecule has 1 heterocycles. The molecule has 0 saturated carbocycles. The summed E-state index contributed by atoms with van der Waals surface area (Å²) in [6, 6.07) is 0. The molecule has 0 aromatic rings. The molecule has 1 aliphatic rings. The lowest BCUT2D eigenvalue weighted by atomic mass is 9.96. The topological polar surface area (TPSA) is 72.8 Å². The molecule has 0 aromatic heterocycles. The number of hydrogen-bond acceptors (Lipinski definition) is 4. The third kappa shape index (κ3) is 3.77. The predicted octanol–water partition coefficient (Wildman–Crippen LogP) is -1.20. The zero-order valence-corrected chi connectivity index (χ0v) is 8.98. The maximum absolute atomic E-state index is 12.0. The average molecular weight is 216 g/mol. The molecule has 1 saturated heterocycles. The smallest absolute Gasteiger partial charge is 0.225 e. The van der Waals surface area contributed by atoms with Gasteiger partial charge < -0.3 is 20.4 Å². The summed E-state index contributed by atoms with van der Waals surface area (Å²) in [4.78, 5) is 13.5. The molecule has 1 rings (SSSR count). The third-order valence-corrected chi connectivity index (χ3v) is 2.74. The van der Waals surface area contributed by atoms with E-state index < -0.39 is 0 Å². The normalized spacial score (nSPS) is 17.7. The van der Waals surface area contributed by atoms with Crippen molar-refractivity contribution < 1.29 is 15.0 Å². The van der Waals surface area contributed by atoms with Crippen molar-refractivity contribution in [1.29, 1.82) is 0 Å². The Morgan fingerprint density at radius 3 is 2.20 bits per heavy atom. The summed E-state index contributed by atoms with van der Waals surface area (Å²) in [6.45, 7) is 2.31. The minimum absolute atomic E-state index is 0.0449. The predicted molar refractivity (Wildman–Crippen MR) is 56.3 cm³/mol. The largest absolute Gasteiger partial charge is 0.395 e. The van der Waals surface area contributed by atoms with Gasteiger partial charge in [-0.1, -0.05) is 0 Å². The zero-order chi connectivity index (χ0) is 11.1. The SMILES string of the molecule is O=C(C1CCNCC1)N(CCO)CCO. The van der Waals surface area contributed by atoms with Crippen LogP contribution in [-0.2, 0) is 4.79 Å². The summed E-state index contributed by atoms with van der Waals surface area (Å²) >= 11 is 0. The molecular formula is C10H20N2O3. The average Bonchev–Trinajstić information content (AvgIpc) is 2.29. The van der Waals surface area contributed by atoms with Gasteiger partial charge in [0, 0.05) is 19.0 Å². The first-order valence-corrected chi connectivity index (χ1v) is 5.50. The Morgan fingerprint density at radius 2 is 1.73 bits per heavy atom. The van der Waals surface area contributed by atoms with Gasteiger partial charge in [-0.05, 0) is 25.9 Å². The first kappa shape index (κ1) is 12.4. The van der Waals surface area contributed by atoms with Gasteiger partial charge in [-0.25, -0.2) is 0 Å². The molecule has 1 amide bonds. The molecule has 5 heteroatoms. The summed E-state index contributed by atoms with van der Waals surface area (Å²) in [5.74, 6) is 0.129. The van der Waals surface area contributed by atoms with Crippen molar-refractivity contribution in [2.45, 2.75) is 12.8 Å². The molecule has 0 aliphatic carbocycles. The van der Waals surface area contributed by atoms with Crippen molar-refractivity contribution in [3.05, 3.63) is 0 Å². The van der Waals surface area contributed by atoms with Gasteiger partial charge in [-0.15, -0.1) is 0 Å². The Hall–Kier alpha value is -0.650. The number of nitrogens with zero attached hydrogens (tertiary/aromatic N) is 1. The van der Waals surface area contributed by atoms with E-state index in [2.05, 4.69) is 5.32 Å². The Morgan fingerprint density at radius 1 is 1.20 bits per heavy atom. The summed E-state index contributed by atoms with van der Waals surface area (Å²) in [7, 11) is 0. The Labute approximate surface area is 90.1 Å². The molecule has 5 nitrogen and oxygen atoms in total. The molecule has 0 bridgehead atoms. The lowest BCUT2D eigenvalue weighted by molar-refractivity contribution is -0.137. The first-order chi connectivity index (χ1) is 7.29. The van der Waals surface area contributed by atoms with E-state index in [1.54, 1.807) is 4.90 Å². The second-order valence-corrected chi connectivity index (χ2v) is 3.80. The highest BCUT2D eigenvalue weighted by Gasteiger charge is 2.25. The van der Waals surface area contributed by atoms with Crippen LogP contribution >= 0.6 is 0 Å². The highest BCUT2D eigenvalue weighted by atomic mass is 16.3. The van der Waals surface area contributed by atoms with E-state index in [9.17, 15) is 4.79 Å². The van der Waals surface area contributed by atoms with Crippen LogP contribution in [0.2, 0.25) is 0 Å². The molecule has 1 fully saturated rings. The number of amides is 1. The van der Waals surface area contributed by atoms with Crippen LogP contribution in [0.1, 0.15) is 12.8 Å².